The van der Waals surface area contributed by atoms with Crippen molar-refractivity contribution in [1.29, 1.82) is 0 Å². The predicted molar refractivity (Wildman–Crippen MR) is 76.2 cm³/mol. The first-order chi connectivity index (χ1) is 8.08. The topological polar surface area (TPSA) is 39.2 Å². The van der Waals surface area contributed by atoms with Crippen molar-refractivity contribution in [3.63, 3.8) is 0 Å². The third-order valence-electron chi connectivity index (χ3n) is 2.50. The first-order valence-corrected chi connectivity index (χ1v) is 6.96. The Balaban J connectivity index is 2.19. The van der Waals surface area contributed by atoms with Crippen LogP contribution in [0.5, 0.6) is 0 Å². The second kappa shape index (κ2) is 5.57. The van der Waals surface area contributed by atoms with Crippen LogP contribution in [0.3, 0.4) is 0 Å². The maximum atomic E-state index is 6.15. The molecule has 0 saturated heterocycles. The second-order valence-electron chi connectivity index (χ2n) is 3.70. The smallest absolute Gasteiger partial charge is 0.173 e. The van der Waals surface area contributed by atoms with Crippen LogP contribution < -0.4 is 5.73 Å². The molecule has 1 atom stereocenters. The molecule has 0 fully saturated rings. The van der Waals surface area contributed by atoms with Crippen LogP contribution in [0.15, 0.2) is 44.1 Å². The normalized spacial score (nSPS) is 12.7. The number of nitrogens with two attached hydrogens (primary N) is 1. The number of hydrogen-bond donors (Lipinski definition) is 1. The van der Waals surface area contributed by atoms with Gasteiger partial charge in [0.25, 0.3) is 0 Å². The van der Waals surface area contributed by atoms with Crippen molar-refractivity contribution >= 4 is 43.5 Å². The Bertz CT molecular complexity index is 527. The van der Waals surface area contributed by atoms with Gasteiger partial charge in [-0.1, -0.05) is 33.6 Å². The lowest BCUT2D eigenvalue weighted by Crippen LogP contribution is -2.13. The second-order valence-corrected chi connectivity index (χ2v) is 5.74. The highest BCUT2D eigenvalue weighted by Crippen LogP contribution is 2.29. The van der Waals surface area contributed by atoms with Crippen molar-refractivity contribution in [2.75, 3.05) is 0 Å². The molecule has 1 heterocycles. The summed E-state index contributed by atoms with van der Waals surface area (Å²) in [5.74, 6) is 0. The van der Waals surface area contributed by atoms with Gasteiger partial charge in [-0.2, -0.15) is 0 Å². The molecule has 90 valence electrons. The SMILES string of the molecule is NC(Cc1ccc(Br)cc1Cl)c1ccoc1Br. The zero-order valence-corrected chi connectivity index (χ0v) is 12.7. The predicted octanol–water partition coefficient (Wildman–Crippen LogP) is 4.70. The van der Waals surface area contributed by atoms with Gasteiger partial charge < -0.3 is 10.2 Å². The molecular formula is C12H10Br2ClNO. The van der Waals surface area contributed by atoms with E-state index in [4.69, 9.17) is 21.8 Å². The van der Waals surface area contributed by atoms with Crippen molar-refractivity contribution < 1.29 is 4.42 Å². The van der Waals surface area contributed by atoms with Gasteiger partial charge in [0.1, 0.15) is 0 Å². The molecule has 0 amide bonds. The highest BCUT2D eigenvalue weighted by Gasteiger charge is 2.14. The summed E-state index contributed by atoms with van der Waals surface area (Å²) in [5.41, 5.74) is 8.09. The van der Waals surface area contributed by atoms with E-state index in [1.54, 1.807) is 6.26 Å². The van der Waals surface area contributed by atoms with Crippen molar-refractivity contribution in [3.05, 3.63) is 55.8 Å². The third kappa shape index (κ3) is 3.13. The van der Waals surface area contributed by atoms with E-state index in [1.807, 2.05) is 24.3 Å². The van der Waals surface area contributed by atoms with Crippen LogP contribution in [-0.2, 0) is 6.42 Å². The number of hydrogen-bond acceptors (Lipinski definition) is 2. The Morgan fingerprint density at radius 2 is 2.06 bits per heavy atom. The Morgan fingerprint density at radius 1 is 1.29 bits per heavy atom. The summed E-state index contributed by atoms with van der Waals surface area (Å²) >= 11 is 12.9. The molecule has 1 aromatic carbocycles. The molecule has 0 saturated carbocycles. The molecule has 2 rings (SSSR count). The van der Waals surface area contributed by atoms with E-state index < -0.39 is 0 Å². The summed E-state index contributed by atoms with van der Waals surface area (Å²) in [6.07, 6.45) is 2.28. The van der Waals surface area contributed by atoms with E-state index in [0.29, 0.717) is 11.1 Å². The molecule has 0 aliphatic heterocycles. The van der Waals surface area contributed by atoms with Crippen LogP contribution in [0.4, 0.5) is 0 Å². The molecule has 0 aliphatic carbocycles. The van der Waals surface area contributed by atoms with Gasteiger partial charge in [-0.15, -0.1) is 0 Å². The summed E-state index contributed by atoms with van der Waals surface area (Å²) in [4.78, 5) is 0. The molecule has 5 heteroatoms. The first-order valence-electron chi connectivity index (χ1n) is 5.00. The van der Waals surface area contributed by atoms with Crippen LogP contribution in [0.25, 0.3) is 0 Å². The van der Waals surface area contributed by atoms with Crippen LogP contribution in [-0.4, -0.2) is 0 Å². The lowest BCUT2D eigenvalue weighted by Gasteiger charge is -2.11. The molecule has 0 spiro atoms. The Morgan fingerprint density at radius 3 is 2.65 bits per heavy atom. The molecule has 1 unspecified atom stereocenters. The highest BCUT2D eigenvalue weighted by atomic mass is 79.9. The maximum absolute atomic E-state index is 6.15. The van der Waals surface area contributed by atoms with Crippen LogP contribution >= 0.6 is 43.5 Å². The molecule has 1 aromatic heterocycles. The van der Waals surface area contributed by atoms with Gasteiger partial charge in [0, 0.05) is 21.1 Å². The minimum atomic E-state index is -0.137. The molecule has 0 radical (unpaired) electrons. The molecule has 2 aromatic rings. The number of rotatable bonds is 3. The van der Waals surface area contributed by atoms with Crippen LogP contribution in [0, 0.1) is 0 Å². The zero-order chi connectivity index (χ0) is 12.4. The van der Waals surface area contributed by atoms with Gasteiger partial charge in [0.05, 0.1) is 6.26 Å². The van der Waals surface area contributed by atoms with Gasteiger partial charge in [0.15, 0.2) is 4.67 Å². The fourth-order valence-corrected chi connectivity index (χ4v) is 2.89. The van der Waals surface area contributed by atoms with E-state index in [9.17, 15) is 0 Å². The van der Waals surface area contributed by atoms with Gasteiger partial charge >= 0.3 is 0 Å². The quantitative estimate of drug-likeness (QED) is 0.840. The van der Waals surface area contributed by atoms with Crippen molar-refractivity contribution in [1.82, 2.24) is 0 Å². The van der Waals surface area contributed by atoms with E-state index in [2.05, 4.69) is 31.9 Å². The third-order valence-corrected chi connectivity index (χ3v) is 3.99. The summed E-state index contributed by atoms with van der Waals surface area (Å²) in [7, 11) is 0. The van der Waals surface area contributed by atoms with Gasteiger partial charge in [-0.05, 0) is 46.1 Å². The fraction of sp³-hybridized carbons (Fsp3) is 0.167. The van der Waals surface area contributed by atoms with E-state index in [0.717, 1.165) is 20.6 Å². The largest absolute Gasteiger partial charge is 0.457 e. The monoisotopic (exact) mass is 377 g/mol. The molecular weight excluding hydrogens is 369 g/mol. The Hall–Kier alpha value is -0.290. The van der Waals surface area contributed by atoms with Crippen molar-refractivity contribution in [3.8, 4) is 0 Å². The van der Waals surface area contributed by atoms with E-state index in [-0.39, 0.29) is 6.04 Å². The summed E-state index contributed by atoms with van der Waals surface area (Å²) in [6, 6.07) is 7.52. The van der Waals surface area contributed by atoms with Crippen LogP contribution in [0.2, 0.25) is 5.02 Å². The first kappa shape index (κ1) is 13.1. The lowest BCUT2D eigenvalue weighted by atomic mass is 10.0. The highest BCUT2D eigenvalue weighted by molar-refractivity contribution is 9.10. The summed E-state index contributed by atoms with van der Waals surface area (Å²) < 4.78 is 6.81. The van der Waals surface area contributed by atoms with E-state index in [1.165, 1.54) is 0 Å². The standard InChI is InChI=1S/C12H10Br2ClNO/c13-8-2-1-7(10(15)6-8)5-11(16)9-3-4-17-12(9)14/h1-4,6,11H,5,16H2. The molecule has 17 heavy (non-hydrogen) atoms. The Labute approximate surface area is 121 Å². The minimum Gasteiger partial charge on any atom is -0.457 e. The Kier molecular flexibility index (Phi) is 4.31. The fourth-order valence-electron chi connectivity index (χ4n) is 1.60. The average molecular weight is 379 g/mol. The number of furan rings is 1. The van der Waals surface area contributed by atoms with Gasteiger partial charge in [0.2, 0.25) is 0 Å². The van der Waals surface area contributed by atoms with Crippen LogP contribution in [0.1, 0.15) is 17.2 Å². The number of benzene rings is 1. The van der Waals surface area contributed by atoms with Gasteiger partial charge in [-0.25, -0.2) is 0 Å². The molecule has 2 nitrogen and oxygen atoms in total. The zero-order valence-electron chi connectivity index (χ0n) is 8.79. The molecule has 0 aliphatic rings. The average Bonchev–Trinajstić information content (AvgIpc) is 2.68. The van der Waals surface area contributed by atoms with Gasteiger partial charge in [-0.3, -0.25) is 0 Å². The van der Waals surface area contributed by atoms with E-state index >= 15 is 0 Å². The van der Waals surface area contributed by atoms with Crippen molar-refractivity contribution in [2.24, 2.45) is 5.73 Å². The summed E-state index contributed by atoms with van der Waals surface area (Å²) in [5, 5.41) is 0.717. The number of halogens is 3. The summed E-state index contributed by atoms with van der Waals surface area (Å²) in [6.45, 7) is 0. The van der Waals surface area contributed by atoms with Crippen molar-refractivity contribution in [2.45, 2.75) is 12.5 Å². The molecule has 0 bridgehead atoms. The molecule has 2 N–H and O–H groups in total. The minimum absolute atomic E-state index is 0.137. The lowest BCUT2D eigenvalue weighted by molar-refractivity contribution is 0.531. The maximum Gasteiger partial charge on any atom is 0.173 e.